The van der Waals surface area contributed by atoms with Crippen molar-refractivity contribution in [3.8, 4) is 0 Å². The van der Waals surface area contributed by atoms with Gasteiger partial charge in [-0.25, -0.2) is 9.78 Å². The first-order valence-corrected chi connectivity index (χ1v) is 7.25. The van der Waals surface area contributed by atoms with E-state index in [1.807, 2.05) is 0 Å². The van der Waals surface area contributed by atoms with Crippen LogP contribution in [0, 0.1) is 0 Å². The van der Waals surface area contributed by atoms with E-state index in [0.717, 1.165) is 11.8 Å². The summed E-state index contributed by atoms with van der Waals surface area (Å²) in [5, 5.41) is 20.1. The van der Waals surface area contributed by atoms with Crippen LogP contribution in [-0.2, 0) is 6.18 Å². The first kappa shape index (κ1) is 17.6. The van der Waals surface area contributed by atoms with Crippen LogP contribution in [0.5, 0.6) is 0 Å². The quantitative estimate of drug-likeness (QED) is 0.637. The number of aromatic nitrogens is 1. The molecule has 118 valence electrons. The SMILES string of the molecule is O=C(O)c1ccc(C(F)(F)F)nc1NCCSCCCO. The minimum atomic E-state index is -4.62. The van der Waals surface area contributed by atoms with Gasteiger partial charge in [-0.1, -0.05) is 0 Å². The normalized spacial score (nSPS) is 11.4. The molecule has 0 fully saturated rings. The van der Waals surface area contributed by atoms with Gasteiger partial charge in [0.1, 0.15) is 17.1 Å². The molecule has 0 spiro atoms. The number of carboxylic acid groups (broad SMARTS) is 1. The Bertz CT molecular complexity index is 483. The first-order chi connectivity index (χ1) is 9.86. The van der Waals surface area contributed by atoms with Gasteiger partial charge < -0.3 is 15.5 Å². The number of nitrogens with one attached hydrogen (secondary N) is 1. The van der Waals surface area contributed by atoms with Crippen LogP contribution >= 0.6 is 11.8 Å². The Hall–Kier alpha value is -1.48. The molecule has 0 atom stereocenters. The van der Waals surface area contributed by atoms with Gasteiger partial charge >= 0.3 is 12.1 Å². The molecular formula is C12H15F3N2O3S. The van der Waals surface area contributed by atoms with Gasteiger partial charge in [-0.05, 0) is 24.3 Å². The molecule has 21 heavy (non-hydrogen) atoms. The van der Waals surface area contributed by atoms with Crippen LogP contribution in [0.3, 0.4) is 0 Å². The lowest BCUT2D eigenvalue weighted by Gasteiger charge is -2.12. The highest BCUT2D eigenvalue weighted by Gasteiger charge is 2.33. The van der Waals surface area contributed by atoms with Crippen molar-refractivity contribution < 1.29 is 28.2 Å². The Labute approximate surface area is 123 Å². The molecule has 3 N–H and O–H groups in total. The molecule has 9 heteroatoms. The fourth-order valence-corrected chi connectivity index (χ4v) is 2.22. The molecule has 1 aromatic heterocycles. The Morgan fingerprint density at radius 1 is 1.33 bits per heavy atom. The summed E-state index contributed by atoms with van der Waals surface area (Å²) in [5.41, 5.74) is -1.44. The van der Waals surface area contributed by atoms with Gasteiger partial charge in [0.2, 0.25) is 0 Å². The number of pyridine rings is 1. The van der Waals surface area contributed by atoms with E-state index < -0.39 is 17.8 Å². The Balaban J connectivity index is 2.71. The molecule has 0 unspecified atom stereocenters. The van der Waals surface area contributed by atoms with Crippen molar-refractivity contribution >= 4 is 23.5 Å². The molecule has 1 heterocycles. The lowest BCUT2D eigenvalue weighted by molar-refractivity contribution is -0.141. The first-order valence-electron chi connectivity index (χ1n) is 6.10. The van der Waals surface area contributed by atoms with Gasteiger partial charge in [-0.15, -0.1) is 0 Å². The lowest BCUT2D eigenvalue weighted by Crippen LogP contribution is -2.15. The second-order valence-electron chi connectivity index (χ2n) is 4.01. The van der Waals surface area contributed by atoms with E-state index in [-0.39, 0.29) is 24.5 Å². The largest absolute Gasteiger partial charge is 0.478 e. The standard InChI is InChI=1S/C12H15F3N2O3S/c13-12(14,15)9-3-2-8(11(19)20)10(17-9)16-4-7-21-6-1-5-18/h2-3,18H,1,4-7H2,(H,16,17)(H,19,20). The van der Waals surface area contributed by atoms with E-state index in [9.17, 15) is 18.0 Å². The van der Waals surface area contributed by atoms with E-state index >= 15 is 0 Å². The Kier molecular flexibility index (Phi) is 6.76. The van der Waals surface area contributed by atoms with E-state index in [0.29, 0.717) is 18.2 Å². The van der Waals surface area contributed by atoms with Crippen LogP contribution < -0.4 is 5.32 Å². The lowest BCUT2D eigenvalue weighted by atomic mass is 10.2. The fourth-order valence-electron chi connectivity index (χ4n) is 1.43. The highest BCUT2D eigenvalue weighted by atomic mass is 32.2. The van der Waals surface area contributed by atoms with Crippen LogP contribution in [-0.4, -0.2) is 45.8 Å². The Morgan fingerprint density at radius 2 is 2.05 bits per heavy atom. The van der Waals surface area contributed by atoms with Crippen LogP contribution in [0.2, 0.25) is 0 Å². The van der Waals surface area contributed by atoms with Gasteiger partial charge in [-0.3, -0.25) is 0 Å². The van der Waals surface area contributed by atoms with Crippen LogP contribution in [0.1, 0.15) is 22.5 Å². The van der Waals surface area contributed by atoms with Crippen LogP contribution in [0.15, 0.2) is 12.1 Å². The third kappa shape index (κ3) is 5.80. The van der Waals surface area contributed by atoms with Crippen molar-refractivity contribution in [1.29, 1.82) is 0 Å². The number of nitrogens with zero attached hydrogens (tertiary/aromatic N) is 1. The average Bonchev–Trinajstić information content (AvgIpc) is 2.41. The molecule has 5 nitrogen and oxygen atoms in total. The number of rotatable bonds is 8. The highest BCUT2D eigenvalue weighted by Crippen LogP contribution is 2.29. The highest BCUT2D eigenvalue weighted by molar-refractivity contribution is 7.99. The zero-order valence-corrected chi connectivity index (χ0v) is 11.8. The van der Waals surface area contributed by atoms with E-state index in [4.69, 9.17) is 10.2 Å². The number of anilines is 1. The van der Waals surface area contributed by atoms with Crippen LogP contribution in [0.4, 0.5) is 19.0 Å². The molecule has 0 aliphatic rings. The molecule has 0 aromatic carbocycles. The second kappa shape index (κ2) is 8.08. The van der Waals surface area contributed by atoms with Crippen molar-refractivity contribution in [2.75, 3.05) is 30.0 Å². The third-order valence-electron chi connectivity index (χ3n) is 2.40. The fraction of sp³-hybridized carbons (Fsp3) is 0.500. The number of carboxylic acids is 1. The molecule has 1 aromatic rings. The number of thioether (sulfide) groups is 1. The number of hydrogen-bond donors (Lipinski definition) is 3. The van der Waals surface area contributed by atoms with Gasteiger partial charge in [-0.2, -0.15) is 24.9 Å². The van der Waals surface area contributed by atoms with Crippen molar-refractivity contribution in [3.05, 3.63) is 23.4 Å². The average molecular weight is 324 g/mol. The van der Waals surface area contributed by atoms with Gasteiger partial charge in [0.25, 0.3) is 0 Å². The summed E-state index contributed by atoms with van der Waals surface area (Å²) in [6, 6.07) is 1.53. The topological polar surface area (TPSA) is 82.5 Å². The summed E-state index contributed by atoms with van der Waals surface area (Å²) in [5.74, 6) is -0.344. The summed E-state index contributed by atoms with van der Waals surface area (Å²) in [4.78, 5) is 14.3. The van der Waals surface area contributed by atoms with Crippen molar-refractivity contribution in [3.63, 3.8) is 0 Å². The molecular weight excluding hydrogens is 309 g/mol. The summed E-state index contributed by atoms with van der Waals surface area (Å²) in [6.07, 6.45) is -3.99. The number of halogens is 3. The second-order valence-corrected chi connectivity index (χ2v) is 5.24. The maximum absolute atomic E-state index is 12.6. The zero-order chi connectivity index (χ0) is 15.9. The molecule has 0 aliphatic heterocycles. The van der Waals surface area contributed by atoms with E-state index in [2.05, 4.69) is 10.3 Å². The van der Waals surface area contributed by atoms with Crippen molar-refractivity contribution in [2.24, 2.45) is 0 Å². The molecule has 1 rings (SSSR count). The summed E-state index contributed by atoms with van der Waals surface area (Å²) >= 11 is 1.50. The number of hydrogen-bond acceptors (Lipinski definition) is 5. The molecule has 0 aliphatic carbocycles. The predicted molar refractivity (Wildman–Crippen MR) is 73.7 cm³/mol. The predicted octanol–water partition coefficient (Wildman–Crippen LogP) is 2.33. The van der Waals surface area contributed by atoms with Gasteiger partial charge in [0.05, 0.1) is 0 Å². The maximum atomic E-state index is 12.6. The van der Waals surface area contributed by atoms with Gasteiger partial charge in [0.15, 0.2) is 0 Å². The summed E-state index contributed by atoms with van der Waals surface area (Å²) in [6.45, 7) is 0.365. The molecule has 0 radical (unpaired) electrons. The number of carbonyl (C=O) groups is 1. The molecule has 0 saturated carbocycles. The van der Waals surface area contributed by atoms with Gasteiger partial charge in [0, 0.05) is 18.9 Å². The Morgan fingerprint density at radius 3 is 2.62 bits per heavy atom. The van der Waals surface area contributed by atoms with E-state index in [1.54, 1.807) is 0 Å². The third-order valence-corrected chi connectivity index (χ3v) is 3.47. The van der Waals surface area contributed by atoms with E-state index in [1.165, 1.54) is 11.8 Å². The summed E-state index contributed by atoms with van der Waals surface area (Å²) < 4.78 is 37.7. The zero-order valence-electron chi connectivity index (χ0n) is 11.0. The van der Waals surface area contributed by atoms with Crippen LogP contribution in [0.25, 0.3) is 0 Å². The maximum Gasteiger partial charge on any atom is 0.433 e. The van der Waals surface area contributed by atoms with Crippen molar-refractivity contribution in [2.45, 2.75) is 12.6 Å². The number of aromatic carboxylic acids is 1. The minimum absolute atomic E-state index is 0.0821. The monoisotopic (exact) mass is 324 g/mol. The number of aliphatic hydroxyl groups is 1. The molecule has 0 amide bonds. The summed E-state index contributed by atoms with van der Waals surface area (Å²) in [7, 11) is 0. The molecule has 0 saturated heterocycles. The number of alkyl halides is 3. The smallest absolute Gasteiger partial charge is 0.433 e. The minimum Gasteiger partial charge on any atom is -0.478 e. The van der Waals surface area contributed by atoms with Crippen molar-refractivity contribution in [1.82, 2.24) is 4.98 Å². The number of aliphatic hydroxyl groups excluding tert-OH is 1. The molecule has 0 bridgehead atoms.